The van der Waals surface area contributed by atoms with Crippen LogP contribution in [0.15, 0.2) is 18.2 Å². The Balaban J connectivity index is 2.08. The minimum Gasteiger partial charge on any atom is -0.378 e. The molecule has 1 nitrogen and oxygen atoms in total. The molecule has 0 spiro atoms. The van der Waals surface area contributed by atoms with Crippen molar-refractivity contribution < 1.29 is 4.74 Å². The normalized spacial score (nSPS) is 19.8. The summed E-state index contributed by atoms with van der Waals surface area (Å²) in [7, 11) is 1.76. The molecule has 0 amide bonds. The van der Waals surface area contributed by atoms with E-state index in [0.717, 1.165) is 24.8 Å². The number of methoxy groups -OCH3 is 1. The van der Waals surface area contributed by atoms with Crippen LogP contribution in [0.4, 0.5) is 0 Å². The molecule has 0 bridgehead atoms. The molecule has 1 aliphatic rings. The van der Waals surface area contributed by atoms with E-state index in [-0.39, 0.29) is 11.0 Å². The molecular formula is C13H15Cl3O. The van der Waals surface area contributed by atoms with Gasteiger partial charge in [0.1, 0.15) is 0 Å². The van der Waals surface area contributed by atoms with Crippen molar-refractivity contribution in [3.63, 3.8) is 0 Å². The molecular weight excluding hydrogens is 279 g/mol. The zero-order chi connectivity index (χ0) is 12.5. The van der Waals surface area contributed by atoms with Crippen LogP contribution in [0.25, 0.3) is 0 Å². The molecule has 0 aromatic heterocycles. The maximum atomic E-state index is 6.42. The van der Waals surface area contributed by atoms with Crippen molar-refractivity contribution in [3.05, 3.63) is 33.8 Å². The van der Waals surface area contributed by atoms with Crippen molar-refractivity contribution in [2.75, 3.05) is 7.11 Å². The van der Waals surface area contributed by atoms with E-state index in [9.17, 15) is 0 Å². The van der Waals surface area contributed by atoms with Gasteiger partial charge in [-0.05, 0) is 43.4 Å². The Morgan fingerprint density at radius 3 is 2.47 bits per heavy atom. The summed E-state index contributed by atoms with van der Waals surface area (Å²) in [5, 5.41) is 1.03. The van der Waals surface area contributed by atoms with Gasteiger partial charge in [0.05, 0.1) is 21.0 Å². The molecule has 1 saturated carbocycles. The van der Waals surface area contributed by atoms with Crippen molar-refractivity contribution in [2.45, 2.75) is 36.7 Å². The Bertz CT molecular complexity index is 396. The Kier molecular flexibility index (Phi) is 4.25. The monoisotopic (exact) mass is 292 g/mol. The third-order valence-electron chi connectivity index (χ3n) is 3.55. The van der Waals surface area contributed by atoms with Crippen molar-refractivity contribution >= 4 is 34.8 Å². The summed E-state index contributed by atoms with van der Waals surface area (Å²) in [6.45, 7) is 0. The summed E-state index contributed by atoms with van der Waals surface area (Å²) >= 11 is 18.3. The maximum Gasteiger partial charge on any atom is 0.0696 e. The van der Waals surface area contributed by atoms with Crippen molar-refractivity contribution in [1.29, 1.82) is 0 Å². The summed E-state index contributed by atoms with van der Waals surface area (Å²) in [5.74, 6) is 0. The number of benzene rings is 1. The van der Waals surface area contributed by atoms with Crippen LogP contribution in [-0.4, -0.2) is 12.7 Å². The largest absolute Gasteiger partial charge is 0.378 e. The lowest BCUT2D eigenvalue weighted by molar-refractivity contribution is -0.0780. The summed E-state index contributed by atoms with van der Waals surface area (Å²) in [6, 6.07) is 5.55. The second-order valence-corrected chi connectivity index (χ2v) is 5.93. The number of hydrogen-bond donors (Lipinski definition) is 0. The predicted molar refractivity (Wildman–Crippen MR) is 73.3 cm³/mol. The number of hydrogen-bond acceptors (Lipinski definition) is 1. The lowest BCUT2D eigenvalue weighted by Crippen LogP contribution is -2.39. The number of halogens is 3. The molecule has 1 atom stereocenters. The molecule has 2 rings (SSSR count). The van der Waals surface area contributed by atoms with Crippen LogP contribution in [-0.2, 0) is 4.74 Å². The standard InChI is InChI=1S/C13H15Cl3O/c1-17-13(5-2-6-13)8-12(16)9-3-4-10(14)11(15)7-9/h3-4,7,12H,2,5-6,8H2,1H3. The molecule has 1 unspecified atom stereocenters. The van der Waals surface area contributed by atoms with Gasteiger partial charge in [-0.25, -0.2) is 0 Å². The minimum absolute atomic E-state index is 0.0292. The highest BCUT2D eigenvalue weighted by atomic mass is 35.5. The molecule has 1 aromatic rings. The van der Waals surface area contributed by atoms with Crippen LogP contribution in [0, 0.1) is 0 Å². The van der Waals surface area contributed by atoms with Gasteiger partial charge in [0, 0.05) is 7.11 Å². The fourth-order valence-corrected chi connectivity index (χ4v) is 2.94. The van der Waals surface area contributed by atoms with Gasteiger partial charge in [-0.3, -0.25) is 0 Å². The number of ether oxygens (including phenoxy) is 1. The van der Waals surface area contributed by atoms with Gasteiger partial charge in [0.25, 0.3) is 0 Å². The Morgan fingerprint density at radius 1 is 1.29 bits per heavy atom. The Morgan fingerprint density at radius 2 is 2.00 bits per heavy atom. The second kappa shape index (κ2) is 5.36. The molecule has 0 heterocycles. The van der Waals surface area contributed by atoms with Gasteiger partial charge in [0.15, 0.2) is 0 Å². The van der Waals surface area contributed by atoms with E-state index in [2.05, 4.69) is 0 Å². The molecule has 0 saturated heterocycles. The van der Waals surface area contributed by atoms with Gasteiger partial charge < -0.3 is 4.74 Å². The van der Waals surface area contributed by atoms with Crippen LogP contribution < -0.4 is 0 Å². The first-order chi connectivity index (χ1) is 8.06. The highest BCUT2D eigenvalue weighted by Gasteiger charge is 2.38. The second-order valence-electron chi connectivity index (χ2n) is 4.59. The zero-order valence-corrected chi connectivity index (χ0v) is 11.9. The lowest BCUT2D eigenvalue weighted by atomic mass is 9.76. The molecule has 1 aromatic carbocycles. The van der Waals surface area contributed by atoms with E-state index < -0.39 is 0 Å². The number of rotatable bonds is 4. The maximum absolute atomic E-state index is 6.42. The van der Waals surface area contributed by atoms with E-state index in [0.29, 0.717) is 10.0 Å². The molecule has 94 valence electrons. The lowest BCUT2D eigenvalue weighted by Gasteiger charge is -2.41. The first kappa shape index (κ1) is 13.5. The van der Waals surface area contributed by atoms with Crippen LogP contribution in [0.3, 0.4) is 0 Å². The summed E-state index contributed by atoms with van der Waals surface area (Å²) in [6.07, 6.45) is 4.23. The number of alkyl halides is 1. The minimum atomic E-state index is -0.0787. The first-order valence-electron chi connectivity index (χ1n) is 5.70. The molecule has 17 heavy (non-hydrogen) atoms. The summed E-state index contributed by atoms with van der Waals surface area (Å²) in [4.78, 5) is 0. The average Bonchev–Trinajstić information content (AvgIpc) is 2.27. The molecule has 4 heteroatoms. The fraction of sp³-hybridized carbons (Fsp3) is 0.538. The highest BCUT2D eigenvalue weighted by Crippen LogP contribution is 2.44. The molecule has 0 N–H and O–H groups in total. The quantitative estimate of drug-likeness (QED) is 0.690. The molecule has 0 aliphatic heterocycles. The van der Waals surface area contributed by atoms with Crippen molar-refractivity contribution in [1.82, 2.24) is 0 Å². The third-order valence-corrected chi connectivity index (χ3v) is 4.70. The fourth-order valence-electron chi connectivity index (χ4n) is 2.21. The van der Waals surface area contributed by atoms with Gasteiger partial charge in [0.2, 0.25) is 0 Å². The Labute approximate surface area is 117 Å². The van der Waals surface area contributed by atoms with Crippen LogP contribution in [0.1, 0.15) is 36.6 Å². The molecule has 0 radical (unpaired) electrons. The zero-order valence-electron chi connectivity index (χ0n) is 9.68. The van der Waals surface area contributed by atoms with Crippen molar-refractivity contribution in [2.24, 2.45) is 0 Å². The van der Waals surface area contributed by atoms with E-state index >= 15 is 0 Å². The molecule has 1 fully saturated rings. The van der Waals surface area contributed by atoms with Crippen molar-refractivity contribution in [3.8, 4) is 0 Å². The van der Waals surface area contributed by atoms with Gasteiger partial charge in [-0.15, -0.1) is 11.6 Å². The van der Waals surface area contributed by atoms with E-state index in [4.69, 9.17) is 39.5 Å². The van der Waals surface area contributed by atoms with Crippen LogP contribution >= 0.6 is 34.8 Å². The summed E-state index contributed by atoms with van der Waals surface area (Å²) < 4.78 is 5.58. The Hall–Kier alpha value is 0.0500. The summed E-state index contributed by atoms with van der Waals surface area (Å²) in [5.41, 5.74) is 0.975. The third kappa shape index (κ3) is 2.90. The van der Waals surface area contributed by atoms with Crippen LogP contribution in [0.2, 0.25) is 10.0 Å². The average molecular weight is 294 g/mol. The van der Waals surface area contributed by atoms with Gasteiger partial charge in [-0.2, -0.15) is 0 Å². The van der Waals surface area contributed by atoms with E-state index in [1.165, 1.54) is 6.42 Å². The molecule has 1 aliphatic carbocycles. The predicted octanol–water partition coefficient (Wildman–Crippen LogP) is 5.23. The van der Waals surface area contributed by atoms with Gasteiger partial charge in [-0.1, -0.05) is 29.3 Å². The van der Waals surface area contributed by atoms with E-state index in [1.807, 2.05) is 12.1 Å². The smallest absolute Gasteiger partial charge is 0.0696 e. The topological polar surface area (TPSA) is 9.23 Å². The van der Waals surface area contributed by atoms with Gasteiger partial charge >= 0.3 is 0 Å². The van der Waals surface area contributed by atoms with E-state index in [1.54, 1.807) is 13.2 Å². The first-order valence-corrected chi connectivity index (χ1v) is 6.90. The SMILES string of the molecule is COC1(CC(Cl)c2ccc(Cl)c(Cl)c2)CCC1. The van der Waals surface area contributed by atoms with Crippen LogP contribution in [0.5, 0.6) is 0 Å². The highest BCUT2D eigenvalue weighted by molar-refractivity contribution is 6.42.